The number of carbonyl (C=O) groups excluding carboxylic acids is 1. The highest BCUT2D eigenvalue weighted by molar-refractivity contribution is 9.10. The molecule has 0 fully saturated rings. The minimum atomic E-state index is -0.495. The van der Waals surface area contributed by atoms with Gasteiger partial charge in [-0.1, -0.05) is 17.7 Å². The van der Waals surface area contributed by atoms with Gasteiger partial charge < -0.3 is 9.47 Å². The summed E-state index contributed by atoms with van der Waals surface area (Å²) in [5.41, 5.74) is 1.10. The molecule has 0 amide bonds. The predicted molar refractivity (Wildman–Crippen MR) is 89.2 cm³/mol. The molecule has 0 spiro atoms. The van der Waals surface area contributed by atoms with Crippen molar-refractivity contribution in [2.45, 2.75) is 6.92 Å². The normalized spacial score (nSPS) is 10.3. The van der Waals surface area contributed by atoms with E-state index in [1.165, 1.54) is 0 Å². The summed E-state index contributed by atoms with van der Waals surface area (Å²) >= 11 is 12.5. The van der Waals surface area contributed by atoms with Crippen molar-refractivity contribution in [3.05, 3.63) is 55.9 Å². The number of benzene rings is 2. The number of aryl methyl sites for hydroxylation is 1. The molecule has 0 heterocycles. The number of hydrogen-bond donors (Lipinski definition) is 0. The molecule has 0 radical (unpaired) electrons. The van der Waals surface area contributed by atoms with Gasteiger partial charge >= 0.3 is 5.97 Å². The molecule has 21 heavy (non-hydrogen) atoms. The maximum Gasteiger partial charge on any atom is 0.349 e. The number of ether oxygens (including phenoxy) is 2. The Balaban J connectivity index is 1.96. The molecule has 0 aliphatic rings. The zero-order chi connectivity index (χ0) is 15.4. The predicted octanol–water partition coefficient (Wildman–Crippen LogP) is 5.16. The monoisotopic (exact) mass is 432 g/mol. The Morgan fingerprint density at radius 3 is 2.43 bits per heavy atom. The van der Waals surface area contributed by atoms with Crippen LogP contribution in [0.15, 0.2) is 45.3 Å². The van der Waals surface area contributed by atoms with E-state index < -0.39 is 5.97 Å². The molecule has 0 unspecified atom stereocenters. The molecule has 6 heteroatoms. The van der Waals surface area contributed by atoms with Gasteiger partial charge in [-0.25, -0.2) is 4.79 Å². The van der Waals surface area contributed by atoms with Crippen molar-refractivity contribution in [2.24, 2.45) is 0 Å². The molecule has 2 aromatic rings. The molecule has 3 nitrogen and oxygen atoms in total. The molecule has 0 aliphatic heterocycles. The molecule has 0 saturated carbocycles. The van der Waals surface area contributed by atoms with Crippen LogP contribution in [0.1, 0.15) is 5.56 Å². The van der Waals surface area contributed by atoms with Crippen molar-refractivity contribution >= 4 is 49.4 Å². The van der Waals surface area contributed by atoms with E-state index in [2.05, 4.69) is 31.9 Å². The SMILES string of the molecule is Cc1ccc(OCC(=O)Oc2ccc(Cl)cc2Br)c(Br)c1. The third-order valence-corrected chi connectivity index (χ3v) is 4.03. The number of halogens is 3. The van der Waals surface area contributed by atoms with Crippen molar-refractivity contribution in [1.82, 2.24) is 0 Å². The average Bonchev–Trinajstić information content (AvgIpc) is 2.41. The van der Waals surface area contributed by atoms with Gasteiger partial charge in [0.1, 0.15) is 11.5 Å². The Bertz CT molecular complexity index is 674. The second-order valence-electron chi connectivity index (χ2n) is 4.27. The maximum absolute atomic E-state index is 11.8. The third kappa shape index (κ3) is 4.73. The van der Waals surface area contributed by atoms with E-state index in [0.29, 0.717) is 21.0 Å². The van der Waals surface area contributed by atoms with E-state index in [4.69, 9.17) is 21.1 Å². The van der Waals surface area contributed by atoms with Crippen LogP contribution >= 0.6 is 43.5 Å². The van der Waals surface area contributed by atoms with Crippen molar-refractivity contribution in [1.29, 1.82) is 0 Å². The van der Waals surface area contributed by atoms with Gasteiger partial charge in [-0.05, 0) is 74.7 Å². The van der Waals surface area contributed by atoms with Crippen LogP contribution in [0.4, 0.5) is 0 Å². The molecular formula is C15H11Br2ClO3. The van der Waals surface area contributed by atoms with Crippen molar-refractivity contribution in [2.75, 3.05) is 6.61 Å². The van der Waals surface area contributed by atoms with Crippen LogP contribution in [0.25, 0.3) is 0 Å². The van der Waals surface area contributed by atoms with Gasteiger partial charge in [-0.15, -0.1) is 0 Å². The minimum absolute atomic E-state index is 0.184. The van der Waals surface area contributed by atoms with Crippen LogP contribution in [0, 0.1) is 6.92 Å². The standard InChI is InChI=1S/C15H11Br2ClO3/c1-9-2-4-13(11(16)6-9)20-8-15(19)21-14-5-3-10(18)7-12(14)17/h2-7H,8H2,1H3. The Morgan fingerprint density at radius 1 is 1.10 bits per heavy atom. The lowest BCUT2D eigenvalue weighted by Crippen LogP contribution is -2.18. The van der Waals surface area contributed by atoms with Gasteiger partial charge in [0.25, 0.3) is 0 Å². The number of carbonyl (C=O) groups is 1. The fraction of sp³-hybridized carbons (Fsp3) is 0.133. The van der Waals surface area contributed by atoms with Gasteiger partial charge in [0.15, 0.2) is 6.61 Å². The van der Waals surface area contributed by atoms with Gasteiger partial charge in [0, 0.05) is 5.02 Å². The summed E-state index contributed by atoms with van der Waals surface area (Å²) in [7, 11) is 0. The first kappa shape index (κ1) is 16.3. The number of esters is 1. The molecule has 0 N–H and O–H groups in total. The number of hydrogen-bond acceptors (Lipinski definition) is 3. The average molecular weight is 435 g/mol. The van der Waals surface area contributed by atoms with Crippen LogP contribution in [-0.4, -0.2) is 12.6 Å². The molecule has 0 bridgehead atoms. The first-order valence-electron chi connectivity index (χ1n) is 6.00. The molecule has 2 rings (SSSR count). The van der Waals surface area contributed by atoms with Crippen LogP contribution < -0.4 is 9.47 Å². The summed E-state index contributed by atoms with van der Waals surface area (Å²) in [5, 5.41) is 0.557. The first-order chi connectivity index (χ1) is 9.95. The lowest BCUT2D eigenvalue weighted by atomic mass is 10.2. The lowest BCUT2D eigenvalue weighted by Gasteiger charge is -2.09. The van der Waals surface area contributed by atoms with Gasteiger partial charge in [-0.3, -0.25) is 0 Å². The zero-order valence-corrected chi connectivity index (χ0v) is 15.0. The van der Waals surface area contributed by atoms with E-state index in [1.54, 1.807) is 24.3 Å². The molecule has 0 atom stereocenters. The maximum atomic E-state index is 11.8. The summed E-state index contributed by atoms with van der Waals surface area (Å²) in [6.45, 7) is 1.79. The lowest BCUT2D eigenvalue weighted by molar-refractivity contribution is -0.136. The highest BCUT2D eigenvalue weighted by Crippen LogP contribution is 2.28. The van der Waals surface area contributed by atoms with Crippen molar-refractivity contribution in [3.63, 3.8) is 0 Å². The smallest absolute Gasteiger partial charge is 0.349 e. The third-order valence-electron chi connectivity index (χ3n) is 2.55. The van der Waals surface area contributed by atoms with E-state index >= 15 is 0 Å². The molecule has 0 saturated heterocycles. The molecule has 0 aromatic heterocycles. The zero-order valence-electron chi connectivity index (χ0n) is 11.0. The molecule has 2 aromatic carbocycles. The second-order valence-corrected chi connectivity index (χ2v) is 6.42. The minimum Gasteiger partial charge on any atom is -0.481 e. The van der Waals surface area contributed by atoms with Crippen LogP contribution in [0.3, 0.4) is 0 Å². The Morgan fingerprint density at radius 2 is 1.76 bits per heavy atom. The summed E-state index contributed by atoms with van der Waals surface area (Å²) in [5.74, 6) is 0.495. The summed E-state index contributed by atoms with van der Waals surface area (Å²) < 4.78 is 12.0. The summed E-state index contributed by atoms with van der Waals surface area (Å²) in [6.07, 6.45) is 0. The van der Waals surface area contributed by atoms with Crippen molar-refractivity contribution in [3.8, 4) is 11.5 Å². The van der Waals surface area contributed by atoms with Crippen molar-refractivity contribution < 1.29 is 14.3 Å². The van der Waals surface area contributed by atoms with Gasteiger partial charge in [0.2, 0.25) is 0 Å². The highest BCUT2D eigenvalue weighted by Gasteiger charge is 2.10. The molecule has 110 valence electrons. The van der Waals surface area contributed by atoms with E-state index in [1.807, 2.05) is 19.1 Å². The Labute approximate surface area is 144 Å². The van der Waals surface area contributed by atoms with Crippen LogP contribution in [0.2, 0.25) is 5.02 Å². The fourth-order valence-corrected chi connectivity index (χ4v) is 2.94. The second kappa shape index (κ2) is 7.29. The first-order valence-corrected chi connectivity index (χ1v) is 7.97. The van der Waals surface area contributed by atoms with E-state index in [0.717, 1.165) is 10.0 Å². The quantitative estimate of drug-likeness (QED) is 0.493. The Kier molecular flexibility index (Phi) is 5.67. The summed E-state index contributed by atoms with van der Waals surface area (Å²) in [4.78, 5) is 11.8. The van der Waals surface area contributed by atoms with E-state index in [-0.39, 0.29) is 6.61 Å². The van der Waals surface area contributed by atoms with Gasteiger partial charge in [-0.2, -0.15) is 0 Å². The Hall–Kier alpha value is -1.04. The number of rotatable bonds is 4. The summed E-state index contributed by atoms with van der Waals surface area (Å²) in [6, 6.07) is 10.5. The van der Waals surface area contributed by atoms with Crippen LogP contribution in [-0.2, 0) is 4.79 Å². The largest absolute Gasteiger partial charge is 0.481 e. The van der Waals surface area contributed by atoms with E-state index in [9.17, 15) is 4.79 Å². The molecular weight excluding hydrogens is 423 g/mol. The highest BCUT2D eigenvalue weighted by atomic mass is 79.9. The van der Waals surface area contributed by atoms with Gasteiger partial charge in [0.05, 0.1) is 8.95 Å². The topological polar surface area (TPSA) is 35.5 Å². The van der Waals surface area contributed by atoms with Crippen LogP contribution in [0.5, 0.6) is 11.5 Å². The fourth-order valence-electron chi connectivity index (χ4n) is 1.57. The molecule has 0 aliphatic carbocycles.